The van der Waals surface area contributed by atoms with E-state index >= 15 is 0 Å². The van der Waals surface area contributed by atoms with E-state index in [9.17, 15) is 9.50 Å². The van der Waals surface area contributed by atoms with Crippen LogP contribution in [0.3, 0.4) is 0 Å². The van der Waals surface area contributed by atoms with Gasteiger partial charge < -0.3 is 5.11 Å². The van der Waals surface area contributed by atoms with Crippen LogP contribution in [0.15, 0.2) is 42.7 Å². The average Bonchev–Trinajstić information content (AvgIpc) is 2.81. The lowest BCUT2D eigenvalue weighted by Gasteiger charge is -2.17. The molecule has 1 aromatic heterocycles. The number of pyridine rings is 1. The molecule has 0 fully saturated rings. The van der Waals surface area contributed by atoms with Crippen LogP contribution in [0, 0.1) is 11.7 Å². The Bertz CT molecular complexity index is 545. The van der Waals surface area contributed by atoms with Crippen LogP contribution in [-0.2, 0) is 12.8 Å². The molecule has 1 N–H and O–H groups in total. The third-order valence-corrected chi connectivity index (χ3v) is 3.60. The zero-order valence-electron chi connectivity index (χ0n) is 9.88. The third kappa shape index (κ3) is 2.02. The summed E-state index contributed by atoms with van der Waals surface area (Å²) < 4.78 is 13.1. The molecule has 0 saturated carbocycles. The van der Waals surface area contributed by atoms with E-state index in [1.165, 1.54) is 23.4 Å². The minimum atomic E-state index is -0.652. The van der Waals surface area contributed by atoms with Crippen LogP contribution in [0.25, 0.3) is 0 Å². The second kappa shape index (κ2) is 4.50. The fourth-order valence-electron chi connectivity index (χ4n) is 2.68. The molecule has 2 aromatic rings. The fraction of sp³-hybridized carbons (Fsp3) is 0.267. The van der Waals surface area contributed by atoms with Gasteiger partial charge >= 0.3 is 0 Å². The third-order valence-electron chi connectivity index (χ3n) is 3.60. The van der Waals surface area contributed by atoms with Crippen LogP contribution in [-0.4, -0.2) is 10.1 Å². The number of hydrogen-bond acceptors (Lipinski definition) is 2. The monoisotopic (exact) mass is 243 g/mol. The van der Waals surface area contributed by atoms with E-state index < -0.39 is 11.9 Å². The van der Waals surface area contributed by atoms with E-state index in [1.54, 1.807) is 0 Å². The fourth-order valence-corrected chi connectivity index (χ4v) is 2.68. The zero-order valence-corrected chi connectivity index (χ0v) is 9.88. The number of fused-ring (bicyclic) bond motifs is 1. The predicted octanol–water partition coefficient (Wildman–Crippen LogP) is 2.67. The summed E-state index contributed by atoms with van der Waals surface area (Å²) in [5.74, 6) is -0.284. The Labute approximate surface area is 105 Å². The van der Waals surface area contributed by atoms with E-state index in [1.807, 2.05) is 12.1 Å². The van der Waals surface area contributed by atoms with Crippen molar-refractivity contribution < 1.29 is 9.50 Å². The SMILES string of the molecule is OC(c1cncc(F)c1)C1Cc2ccccc2C1. The molecule has 0 radical (unpaired) electrons. The van der Waals surface area contributed by atoms with Crippen LogP contribution >= 0.6 is 0 Å². The molecule has 1 unspecified atom stereocenters. The molecule has 1 heterocycles. The van der Waals surface area contributed by atoms with Crippen LogP contribution < -0.4 is 0 Å². The number of benzene rings is 1. The number of rotatable bonds is 2. The van der Waals surface area contributed by atoms with Crippen LogP contribution in [0.2, 0.25) is 0 Å². The first-order valence-electron chi connectivity index (χ1n) is 6.09. The smallest absolute Gasteiger partial charge is 0.141 e. The highest BCUT2D eigenvalue weighted by molar-refractivity contribution is 5.33. The summed E-state index contributed by atoms with van der Waals surface area (Å²) in [5, 5.41) is 10.3. The predicted molar refractivity (Wildman–Crippen MR) is 66.5 cm³/mol. The molecular weight excluding hydrogens is 229 g/mol. The highest BCUT2D eigenvalue weighted by Crippen LogP contribution is 2.34. The van der Waals surface area contributed by atoms with Crippen molar-refractivity contribution in [3.05, 3.63) is 65.2 Å². The van der Waals surface area contributed by atoms with Crippen molar-refractivity contribution >= 4 is 0 Å². The van der Waals surface area contributed by atoms with Crippen molar-refractivity contribution in [2.75, 3.05) is 0 Å². The quantitative estimate of drug-likeness (QED) is 0.879. The van der Waals surface area contributed by atoms with E-state index in [4.69, 9.17) is 0 Å². The van der Waals surface area contributed by atoms with Gasteiger partial charge in [0.05, 0.1) is 12.3 Å². The average molecular weight is 243 g/mol. The lowest BCUT2D eigenvalue weighted by molar-refractivity contribution is 0.113. The number of aromatic nitrogens is 1. The summed E-state index contributed by atoms with van der Waals surface area (Å²) in [6.45, 7) is 0. The maximum Gasteiger partial charge on any atom is 0.141 e. The van der Waals surface area contributed by atoms with Crippen molar-refractivity contribution in [3.63, 3.8) is 0 Å². The molecular formula is C15H14FNO. The standard InChI is InChI=1S/C15H14FNO/c16-14-7-13(8-17-9-14)15(18)12-5-10-3-1-2-4-11(10)6-12/h1-4,7-9,12,15,18H,5-6H2. The van der Waals surface area contributed by atoms with Gasteiger partial charge in [-0.3, -0.25) is 4.98 Å². The molecule has 0 aliphatic heterocycles. The first-order chi connectivity index (χ1) is 8.74. The summed E-state index contributed by atoms with van der Waals surface area (Å²) in [6.07, 6.45) is 3.72. The van der Waals surface area contributed by atoms with Crippen molar-refractivity contribution in [2.45, 2.75) is 18.9 Å². The highest BCUT2D eigenvalue weighted by Gasteiger charge is 2.28. The Morgan fingerprint density at radius 1 is 1.17 bits per heavy atom. The summed E-state index contributed by atoms with van der Waals surface area (Å²) in [5.41, 5.74) is 3.13. The summed E-state index contributed by atoms with van der Waals surface area (Å²) in [7, 11) is 0. The van der Waals surface area contributed by atoms with Gasteiger partial charge in [-0.05, 0) is 36.0 Å². The number of aliphatic hydroxyl groups is 1. The largest absolute Gasteiger partial charge is 0.388 e. The molecule has 0 saturated heterocycles. The van der Waals surface area contributed by atoms with Crippen molar-refractivity contribution in [1.82, 2.24) is 4.98 Å². The van der Waals surface area contributed by atoms with E-state index in [0.717, 1.165) is 19.0 Å². The first-order valence-corrected chi connectivity index (χ1v) is 6.09. The van der Waals surface area contributed by atoms with Gasteiger partial charge in [-0.25, -0.2) is 4.39 Å². The molecule has 0 bridgehead atoms. The van der Waals surface area contributed by atoms with Gasteiger partial charge in [0.1, 0.15) is 5.82 Å². The Morgan fingerprint density at radius 3 is 2.44 bits per heavy atom. The number of aliphatic hydroxyl groups excluding tert-OH is 1. The van der Waals surface area contributed by atoms with Crippen LogP contribution in [0.5, 0.6) is 0 Å². The van der Waals surface area contributed by atoms with Crippen LogP contribution in [0.4, 0.5) is 4.39 Å². The number of nitrogens with zero attached hydrogens (tertiary/aromatic N) is 1. The molecule has 92 valence electrons. The molecule has 1 aliphatic carbocycles. The van der Waals surface area contributed by atoms with Gasteiger partial charge in [-0.15, -0.1) is 0 Å². The molecule has 1 aromatic carbocycles. The van der Waals surface area contributed by atoms with Gasteiger partial charge in [0, 0.05) is 11.8 Å². The normalized spacial score (nSPS) is 16.6. The van der Waals surface area contributed by atoms with Gasteiger partial charge in [-0.2, -0.15) is 0 Å². The van der Waals surface area contributed by atoms with E-state index in [-0.39, 0.29) is 5.92 Å². The molecule has 2 nitrogen and oxygen atoms in total. The minimum Gasteiger partial charge on any atom is -0.388 e. The summed E-state index contributed by atoms with van der Waals surface area (Å²) >= 11 is 0. The number of hydrogen-bond donors (Lipinski definition) is 1. The molecule has 1 aliphatic rings. The molecule has 0 spiro atoms. The maximum atomic E-state index is 13.1. The second-order valence-electron chi connectivity index (χ2n) is 4.82. The first kappa shape index (κ1) is 11.4. The van der Waals surface area contributed by atoms with Gasteiger partial charge in [0.2, 0.25) is 0 Å². The second-order valence-corrected chi connectivity index (χ2v) is 4.82. The van der Waals surface area contributed by atoms with Gasteiger partial charge in [-0.1, -0.05) is 24.3 Å². The lowest BCUT2D eigenvalue weighted by atomic mass is 9.94. The van der Waals surface area contributed by atoms with Crippen molar-refractivity contribution in [2.24, 2.45) is 5.92 Å². The lowest BCUT2D eigenvalue weighted by Crippen LogP contribution is -2.13. The number of halogens is 1. The Kier molecular flexibility index (Phi) is 2.84. The zero-order chi connectivity index (χ0) is 12.5. The Hall–Kier alpha value is -1.74. The summed E-state index contributed by atoms with van der Waals surface area (Å²) in [4.78, 5) is 3.79. The molecule has 18 heavy (non-hydrogen) atoms. The van der Waals surface area contributed by atoms with Crippen molar-refractivity contribution in [1.29, 1.82) is 0 Å². The van der Waals surface area contributed by atoms with E-state index in [2.05, 4.69) is 17.1 Å². The maximum absolute atomic E-state index is 13.1. The summed E-state index contributed by atoms with van der Waals surface area (Å²) in [6, 6.07) is 9.56. The Balaban J connectivity index is 1.82. The topological polar surface area (TPSA) is 33.1 Å². The van der Waals surface area contributed by atoms with Crippen LogP contribution in [0.1, 0.15) is 22.8 Å². The molecule has 1 atom stereocenters. The molecule has 3 rings (SSSR count). The Morgan fingerprint density at radius 2 is 1.83 bits per heavy atom. The molecule has 3 heteroatoms. The van der Waals surface area contributed by atoms with Crippen molar-refractivity contribution in [3.8, 4) is 0 Å². The highest BCUT2D eigenvalue weighted by atomic mass is 19.1. The van der Waals surface area contributed by atoms with E-state index in [0.29, 0.717) is 5.56 Å². The van der Waals surface area contributed by atoms with Gasteiger partial charge in [0.25, 0.3) is 0 Å². The molecule has 0 amide bonds. The van der Waals surface area contributed by atoms with Gasteiger partial charge in [0.15, 0.2) is 0 Å². The minimum absolute atomic E-state index is 0.117.